The summed E-state index contributed by atoms with van der Waals surface area (Å²) in [6.45, 7) is 3.45. The first kappa shape index (κ1) is 25.6. The number of carbonyl (C=O) groups excluding carboxylic acids is 3. The molecule has 7 heteroatoms. The second kappa shape index (κ2) is 11.9. The molecule has 0 bridgehead atoms. The maximum Gasteiger partial charge on any atom is 0.253 e. The summed E-state index contributed by atoms with van der Waals surface area (Å²) in [5.74, 6) is -1.07. The van der Waals surface area contributed by atoms with Crippen molar-refractivity contribution in [1.29, 1.82) is 0 Å². The molecule has 0 radical (unpaired) electrons. The van der Waals surface area contributed by atoms with Gasteiger partial charge in [0.05, 0.1) is 17.3 Å². The van der Waals surface area contributed by atoms with Crippen molar-refractivity contribution >= 4 is 29.1 Å². The van der Waals surface area contributed by atoms with Gasteiger partial charge >= 0.3 is 0 Å². The average molecular weight is 473 g/mol. The molecule has 0 heterocycles. The molecule has 3 N–H and O–H groups in total. The highest BCUT2D eigenvalue weighted by Crippen LogP contribution is 2.23. The average Bonchev–Trinajstić information content (AvgIpc) is 2.87. The lowest BCUT2D eigenvalue weighted by Crippen LogP contribution is -2.50. The molecule has 0 aromatic heterocycles. The normalized spacial score (nSPS) is 11.6. The molecule has 0 saturated heterocycles. The van der Waals surface area contributed by atoms with E-state index < -0.39 is 11.9 Å². The highest BCUT2D eigenvalue weighted by atomic mass is 16.2. The zero-order valence-electron chi connectivity index (χ0n) is 20.3. The number of amides is 3. The number of nitrogens with one attached hydrogen (secondary N) is 1. The molecule has 0 aliphatic rings. The Labute approximate surface area is 206 Å². The largest absolute Gasteiger partial charge is 0.350 e. The van der Waals surface area contributed by atoms with Crippen LogP contribution in [0, 0.1) is 0 Å². The van der Waals surface area contributed by atoms with Crippen molar-refractivity contribution in [3.05, 3.63) is 96.1 Å². The fourth-order valence-electron chi connectivity index (χ4n) is 3.72. The van der Waals surface area contributed by atoms with Gasteiger partial charge in [0.1, 0.15) is 6.54 Å². The first-order chi connectivity index (χ1) is 16.8. The number of rotatable bonds is 9. The Hall–Kier alpha value is -3.97. The van der Waals surface area contributed by atoms with E-state index in [1.165, 1.54) is 9.80 Å². The van der Waals surface area contributed by atoms with Crippen molar-refractivity contribution < 1.29 is 14.4 Å². The van der Waals surface area contributed by atoms with Crippen molar-refractivity contribution in [3.8, 4) is 0 Å². The molecule has 0 saturated carbocycles. The van der Waals surface area contributed by atoms with Crippen LogP contribution < -0.4 is 20.9 Å². The van der Waals surface area contributed by atoms with Gasteiger partial charge in [-0.15, -0.1) is 0 Å². The molecule has 7 nitrogen and oxygen atoms in total. The van der Waals surface area contributed by atoms with Crippen LogP contribution in [0.1, 0.15) is 29.8 Å². The molecule has 0 fully saturated rings. The summed E-state index contributed by atoms with van der Waals surface area (Å²) in [6, 6.07) is 24.4. The number of anilines is 2. The minimum atomic E-state index is -0.895. The Morgan fingerprint density at radius 2 is 1.43 bits per heavy atom. The van der Waals surface area contributed by atoms with Crippen LogP contribution in [0.2, 0.25) is 0 Å². The third-order valence-corrected chi connectivity index (χ3v) is 5.55. The Morgan fingerprint density at radius 1 is 0.857 bits per heavy atom. The summed E-state index contributed by atoms with van der Waals surface area (Å²) >= 11 is 0. The molecule has 3 aromatic carbocycles. The maximum absolute atomic E-state index is 13.6. The van der Waals surface area contributed by atoms with Crippen LogP contribution >= 0.6 is 0 Å². The smallest absolute Gasteiger partial charge is 0.253 e. The summed E-state index contributed by atoms with van der Waals surface area (Å²) < 4.78 is 0. The molecule has 3 amide bonds. The summed E-state index contributed by atoms with van der Waals surface area (Å²) in [5.41, 5.74) is 8.59. The van der Waals surface area contributed by atoms with Crippen LogP contribution in [0.5, 0.6) is 0 Å². The van der Waals surface area contributed by atoms with Crippen LogP contribution in [0.3, 0.4) is 0 Å². The van der Waals surface area contributed by atoms with Gasteiger partial charge in [-0.25, -0.2) is 0 Å². The van der Waals surface area contributed by atoms with Crippen LogP contribution in [-0.2, 0) is 16.0 Å². The van der Waals surface area contributed by atoms with E-state index in [9.17, 15) is 14.4 Å². The number of nitrogens with two attached hydrogens (primary N) is 1. The van der Waals surface area contributed by atoms with Gasteiger partial charge in [-0.2, -0.15) is 0 Å². The molecule has 1 atom stereocenters. The zero-order chi connectivity index (χ0) is 25.4. The third-order valence-electron chi connectivity index (χ3n) is 5.55. The monoisotopic (exact) mass is 472 g/mol. The number of benzene rings is 3. The van der Waals surface area contributed by atoms with E-state index in [0.717, 1.165) is 5.56 Å². The van der Waals surface area contributed by atoms with Crippen LogP contribution in [-0.4, -0.2) is 43.4 Å². The van der Waals surface area contributed by atoms with Gasteiger partial charge in [0.25, 0.3) is 5.91 Å². The summed E-state index contributed by atoms with van der Waals surface area (Å²) in [6.07, 6.45) is 0.305. The highest BCUT2D eigenvalue weighted by molar-refractivity contribution is 6.09. The zero-order valence-corrected chi connectivity index (χ0v) is 20.3. The van der Waals surface area contributed by atoms with Crippen LogP contribution in [0.25, 0.3) is 0 Å². The quantitative estimate of drug-likeness (QED) is 0.499. The Kier molecular flexibility index (Phi) is 8.75. The van der Waals surface area contributed by atoms with E-state index in [1.807, 2.05) is 74.5 Å². The van der Waals surface area contributed by atoms with Crippen molar-refractivity contribution in [3.63, 3.8) is 0 Å². The topological polar surface area (TPSA) is 95.7 Å². The van der Waals surface area contributed by atoms with Crippen molar-refractivity contribution in [2.75, 3.05) is 23.4 Å². The predicted octanol–water partition coefficient (Wildman–Crippen LogP) is 3.39. The molecule has 0 aliphatic carbocycles. The standard InChI is InChI=1S/C28H32N4O3/c1-20(2)30-27(34)23-16-10-11-17-25(23)32(19-26(33)31(3)22-14-8-5-9-15-22)28(35)24(29)18-21-12-6-4-7-13-21/h4-17,20,24H,18-19,29H2,1-3H3,(H,30,34). The second-order valence-electron chi connectivity index (χ2n) is 8.65. The predicted molar refractivity (Wildman–Crippen MR) is 139 cm³/mol. The van der Waals surface area contributed by atoms with Gasteiger partial charge in [0, 0.05) is 18.8 Å². The second-order valence-corrected chi connectivity index (χ2v) is 8.65. The number of hydrogen-bond donors (Lipinski definition) is 2. The minimum Gasteiger partial charge on any atom is -0.350 e. The van der Waals surface area contributed by atoms with Crippen LogP contribution in [0.4, 0.5) is 11.4 Å². The molecule has 3 rings (SSSR count). The Bertz CT molecular complexity index is 1150. The third kappa shape index (κ3) is 6.77. The summed E-state index contributed by atoms with van der Waals surface area (Å²) in [7, 11) is 1.65. The number of likely N-dealkylation sites (N-methyl/N-ethyl adjacent to an activating group) is 1. The first-order valence-electron chi connectivity index (χ1n) is 11.6. The molecular weight excluding hydrogens is 440 g/mol. The Morgan fingerprint density at radius 3 is 2.06 bits per heavy atom. The van der Waals surface area contributed by atoms with Crippen molar-refractivity contribution in [2.24, 2.45) is 5.73 Å². The molecule has 0 spiro atoms. The van der Waals surface area contributed by atoms with E-state index in [1.54, 1.807) is 31.3 Å². The first-order valence-corrected chi connectivity index (χ1v) is 11.6. The van der Waals surface area contributed by atoms with Gasteiger partial charge in [-0.05, 0) is 50.1 Å². The number of nitrogens with zero attached hydrogens (tertiary/aromatic N) is 2. The molecule has 0 aliphatic heterocycles. The molecule has 1 unspecified atom stereocenters. The van der Waals surface area contributed by atoms with E-state index in [2.05, 4.69) is 5.32 Å². The van der Waals surface area contributed by atoms with Crippen molar-refractivity contribution in [2.45, 2.75) is 32.4 Å². The summed E-state index contributed by atoms with van der Waals surface area (Å²) in [5, 5.41) is 2.86. The van der Waals surface area contributed by atoms with E-state index in [0.29, 0.717) is 23.4 Å². The molecular formula is C28H32N4O3. The fourth-order valence-corrected chi connectivity index (χ4v) is 3.72. The van der Waals surface area contributed by atoms with Gasteiger partial charge < -0.3 is 20.9 Å². The van der Waals surface area contributed by atoms with E-state index in [-0.39, 0.29) is 24.4 Å². The SMILES string of the molecule is CC(C)NC(=O)c1ccccc1N(CC(=O)N(C)c1ccccc1)C(=O)C(N)Cc1ccccc1. The van der Waals surface area contributed by atoms with Gasteiger partial charge in [0.15, 0.2) is 0 Å². The molecule has 3 aromatic rings. The summed E-state index contributed by atoms with van der Waals surface area (Å²) in [4.78, 5) is 42.6. The van der Waals surface area contributed by atoms with Crippen LogP contribution in [0.15, 0.2) is 84.9 Å². The minimum absolute atomic E-state index is 0.0918. The van der Waals surface area contributed by atoms with E-state index >= 15 is 0 Å². The highest BCUT2D eigenvalue weighted by Gasteiger charge is 2.29. The van der Waals surface area contributed by atoms with Crippen molar-refractivity contribution in [1.82, 2.24) is 5.32 Å². The van der Waals surface area contributed by atoms with Gasteiger partial charge in [-0.1, -0.05) is 60.7 Å². The number of hydrogen-bond acceptors (Lipinski definition) is 4. The molecule has 35 heavy (non-hydrogen) atoms. The Balaban J connectivity index is 1.95. The maximum atomic E-state index is 13.6. The lowest BCUT2D eigenvalue weighted by molar-refractivity contribution is -0.123. The molecule has 182 valence electrons. The lowest BCUT2D eigenvalue weighted by Gasteiger charge is -2.29. The lowest BCUT2D eigenvalue weighted by atomic mass is 10.0. The fraction of sp³-hybridized carbons (Fsp3) is 0.250. The van der Waals surface area contributed by atoms with Gasteiger partial charge in [-0.3, -0.25) is 14.4 Å². The number of para-hydroxylation sites is 2. The van der Waals surface area contributed by atoms with E-state index in [4.69, 9.17) is 5.73 Å². The van der Waals surface area contributed by atoms with Gasteiger partial charge in [0.2, 0.25) is 11.8 Å². The number of carbonyl (C=O) groups is 3.